The number of hydrogen-bond donors (Lipinski definition) is 4. The van der Waals surface area contributed by atoms with Crippen LogP contribution in [0.2, 0.25) is 0 Å². The lowest BCUT2D eigenvalue weighted by atomic mass is 9.82. The predicted molar refractivity (Wildman–Crippen MR) is 147 cm³/mol. The maximum Gasteiger partial charge on any atom is 0.247 e. The van der Waals surface area contributed by atoms with Gasteiger partial charge in [0.05, 0.1) is 36.0 Å². The number of nitrogens with zero attached hydrogens (tertiary/aromatic N) is 1. The van der Waals surface area contributed by atoms with Crippen LogP contribution >= 0.6 is 22.6 Å². The molecule has 4 N–H and O–H groups in total. The molecular formula is C27H37IN2O8. The number of carbonyl (C=O) groups is 2. The number of ether oxygens (including phenoxy) is 3. The summed E-state index contributed by atoms with van der Waals surface area (Å²) in [6.07, 6.45) is 3.94. The van der Waals surface area contributed by atoms with Gasteiger partial charge in [-0.1, -0.05) is 6.42 Å². The first kappa shape index (κ1) is 29.1. The van der Waals surface area contributed by atoms with Crippen LogP contribution in [0.15, 0.2) is 23.8 Å². The Hall–Kier alpha value is -1.93. The van der Waals surface area contributed by atoms with Gasteiger partial charge in [-0.05, 0) is 72.0 Å². The second-order valence-electron chi connectivity index (χ2n) is 10.0. The molecule has 38 heavy (non-hydrogen) atoms. The van der Waals surface area contributed by atoms with Crippen LogP contribution in [0, 0.1) is 9.49 Å². The third-order valence-electron chi connectivity index (χ3n) is 7.50. The van der Waals surface area contributed by atoms with Gasteiger partial charge in [-0.25, -0.2) is 0 Å². The Morgan fingerprint density at radius 2 is 2.00 bits per heavy atom. The van der Waals surface area contributed by atoms with E-state index in [0.29, 0.717) is 39.4 Å². The topological polar surface area (TPSA) is 138 Å². The van der Waals surface area contributed by atoms with Crippen LogP contribution in [0.1, 0.15) is 44.1 Å². The molecule has 1 heterocycles. The van der Waals surface area contributed by atoms with Crippen molar-refractivity contribution in [1.82, 2.24) is 10.2 Å². The fourth-order valence-corrected chi connectivity index (χ4v) is 5.97. The van der Waals surface area contributed by atoms with Gasteiger partial charge in [0.15, 0.2) is 11.5 Å². The van der Waals surface area contributed by atoms with Crippen molar-refractivity contribution in [3.63, 3.8) is 0 Å². The fourth-order valence-electron chi connectivity index (χ4n) is 5.18. The first-order chi connectivity index (χ1) is 18.4. The molecule has 1 aromatic rings. The molecule has 1 saturated heterocycles. The smallest absolute Gasteiger partial charge is 0.247 e. The summed E-state index contributed by atoms with van der Waals surface area (Å²) in [5.41, 5.74) is 1.02. The van der Waals surface area contributed by atoms with E-state index in [1.165, 1.54) is 7.11 Å². The first-order valence-corrected chi connectivity index (χ1v) is 14.3. The van der Waals surface area contributed by atoms with Crippen molar-refractivity contribution in [2.75, 3.05) is 33.4 Å². The molecule has 4 atom stereocenters. The summed E-state index contributed by atoms with van der Waals surface area (Å²) in [6, 6.07) is 2.72. The van der Waals surface area contributed by atoms with Gasteiger partial charge in [-0.2, -0.15) is 0 Å². The van der Waals surface area contributed by atoms with Crippen LogP contribution in [0.25, 0.3) is 0 Å². The second kappa shape index (κ2) is 13.4. The fraction of sp³-hybridized carbons (Fsp3) is 0.630. The van der Waals surface area contributed by atoms with Gasteiger partial charge in [-0.3, -0.25) is 9.59 Å². The number of nitrogens with one attached hydrogen (secondary N) is 1. The van der Waals surface area contributed by atoms with Gasteiger partial charge in [0.1, 0.15) is 12.2 Å². The monoisotopic (exact) mass is 644 g/mol. The lowest BCUT2D eigenvalue weighted by Crippen LogP contribution is -2.58. The molecule has 2 fully saturated rings. The van der Waals surface area contributed by atoms with Crippen molar-refractivity contribution in [3.8, 4) is 11.5 Å². The number of methoxy groups -OCH3 is 1. The normalized spacial score (nSPS) is 25.3. The molecule has 11 heteroatoms. The van der Waals surface area contributed by atoms with Crippen LogP contribution in [0.3, 0.4) is 0 Å². The third-order valence-corrected chi connectivity index (χ3v) is 8.30. The molecule has 0 bridgehead atoms. The van der Waals surface area contributed by atoms with Crippen molar-refractivity contribution in [1.29, 1.82) is 0 Å². The Kier molecular flexibility index (Phi) is 10.3. The number of amides is 2. The molecule has 2 aliphatic carbocycles. The molecular weight excluding hydrogens is 607 g/mol. The Morgan fingerprint density at radius 3 is 2.61 bits per heavy atom. The van der Waals surface area contributed by atoms with Gasteiger partial charge in [0, 0.05) is 37.6 Å². The zero-order chi connectivity index (χ0) is 27.2. The van der Waals surface area contributed by atoms with Crippen LogP contribution in [0.5, 0.6) is 11.5 Å². The zero-order valence-electron chi connectivity index (χ0n) is 21.6. The molecule has 1 saturated carbocycles. The summed E-state index contributed by atoms with van der Waals surface area (Å²) < 4.78 is 18.3. The van der Waals surface area contributed by atoms with Gasteiger partial charge >= 0.3 is 0 Å². The Bertz CT molecular complexity index is 1020. The molecule has 0 aromatic heterocycles. The minimum absolute atomic E-state index is 0.0222. The van der Waals surface area contributed by atoms with Gasteiger partial charge in [-0.15, -0.1) is 0 Å². The molecule has 4 rings (SSSR count). The van der Waals surface area contributed by atoms with Crippen molar-refractivity contribution < 1.29 is 39.1 Å². The standard InChI is InChI=1S/C27H37IN2O8/c1-36-23-11-16(15-32)10-20(28)25(23)38-22-13-18(26(34)29-7-8-31)12-21(24(22)33)30(14-19-6-3-9-37-19)27(35)17-4-2-5-17/h10-11,13,17,19,21-22,24,31-33H,2-9,12,14-15H2,1H3,(H,29,34). The maximum atomic E-state index is 13.6. The molecule has 210 valence electrons. The zero-order valence-corrected chi connectivity index (χ0v) is 23.8. The second-order valence-corrected chi connectivity index (χ2v) is 11.2. The number of aliphatic hydroxyl groups is 3. The highest BCUT2D eigenvalue weighted by atomic mass is 127. The number of benzene rings is 1. The van der Waals surface area contributed by atoms with E-state index in [9.17, 15) is 24.9 Å². The summed E-state index contributed by atoms with van der Waals surface area (Å²) in [4.78, 5) is 28.3. The lowest BCUT2D eigenvalue weighted by Gasteiger charge is -2.43. The van der Waals surface area contributed by atoms with E-state index in [2.05, 4.69) is 27.9 Å². The number of hydrogen-bond acceptors (Lipinski definition) is 8. The quantitative estimate of drug-likeness (QED) is 0.266. The SMILES string of the molecule is COc1cc(CO)cc(I)c1OC1C=C(C(=O)NCCO)CC(N(CC2CCCO2)C(=O)C2CCC2)C1O. The molecule has 0 radical (unpaired) electrons. The molecule has 1 aliphatic heterocycles. The highest BCUT2D eigenvalue weighted by Crippen LogP contribution is 2.38. The Morgan fingerprint density at radius 1 is 1.21 bits per heavy atom. The van der Waals surface area contributed by atoms with Crippen molar-refractivity contribution in [2.24, 2.45) is 5.92 Å². The van der Waals surface area contributed by atoms with Gasteiger partial charge in [0.25, 0.3) is 0 Å². The molecule has 0 spiro atoms. The van der Waals surface area contributed by atoms with Gasteiger partial charge < -0.3 is 39.7 Å². The molecule has 4 unspecified atom stereocenters. The summed E-state index contributed by atoms with van der Waals surface area (Å²) in [5.74, 6) is 0.266. The lowest BCUT2D eigenvalue weighted by molar-refractivity contribution is -0.147. The number of halogens is 1. The summed E-state index contributed by atoms with van der Waals surface area (Å²) in [5, 5.41) is 33.1. The maximum absolute atomic E-state index is 13.6. The summed E-state index contributed by atoms with van der Waals surface area (Å²) in [6.45, 7) is 0.706. The van der Waals surface area contributed by atoms with Crippen molar-refractivity contribution in [2.45, 2.75) is 69.5 Å². The molecule has 3 aliphatic rings. The van der Waals surface area contributed by atoms with Crippen LogP contribution < -0.4 is 14.8 Å². The third kappa shape index (κ3) is 6.61. The average molecular weight is 645 g/mol. The van der Waals surface area contributed by atoms with Crippen LogP contribution in [0.4, 0.5) is 0 Å². The number of rotatable bonds is 11. The van der Waals surface area contributed by atoms with Gasteiger partial charge in [0.2, 0.25) is 11.8 Å². The minimum atomic E-state index is -1.12. The van der Waals surface area contributed by atoms with E-state index in [1.807, 2.05) is 0 Å². The molecule has 2 amide bonds. The first-order valence-electron chi connectivity index (χ1n) is 13.2. The minimum Gasteiger partial charge on any atom is -0.493 e. The Balaban J connectivity index is 1.67. The van der Waals surface area contributed by atoms with E-state index < -0.39 is 18.2 Å². The molecule has 1 aromatic carbocycles. The van der Waals surface area contributed by atoms with E-state index in [-0.39, 0.29) is 50.0 Å². The van der Waals surface area contributed by atoms with Crippen LogP contribution in [-0.4, -0.2) is 89.8 Å². The highest BCUT2D eigenvalue weighted by Gasteiger charge is 2.44. The van der Waals surface area contributed by atoms with E-state index in [4.69, 9.17) is 14.2 Å². The highest BCUT2D eigenvalue weighted by molar-refractivity contribution is 14.1. The summed E-state index contributed by atoms with van der Waals surface area (Å²) in [7, 11) is 1.49. The van der Waals surface area contributed by atoms with Crippen molar-refractivity contribution >= 4 is 34.4 Å². The van der Waals surface area contributed by atoms with Crippen molar-refractivity contribution in [3.05, 3.63) is 32.9 Å². The predicted octanol–water partition coefficient (Wildman–Crippen LogP) is 1.52. The summed E-state index contributed by atoms with van der Waals surface area (Å²) >= 11 is 2.08. The van der Waals surface area contributed by atoms with E-state index in [0.717, 1.165) is 32.1 Å². The van der Waals surface area contributed by atoms with E-state index in [1.54, 1.807) is 23.1 Å². The average Bonchev–Trinajstić information content (AvgIpc) is 3.40. The largest absolute Gasteiger partial charge is 0.493 e. The number of carbonyl (C=O) groups excluding carboxylic acids is 2. The molecule has 10 nitrogen and oxygen atoms in total. The van der Waals surface area contributed by atoms with E-state index >= 15 is 0 Å². The number of aliphatic hydroxyl groups excluding tert-OH is 3. The van der Waals surface area contributed by atoms with Crippen LogP contribution in [-0.2, 0) is 20.9 Å². The Labute approximate surface area is 236 Å².